The number of hydrogen-bond acceptors (Lipinski definition) is 4. The van der Waals surface area contributed by atoms with E-state index in [2.05, 4.69) is 4.74 Å². The molecule has 0 radical (unpaired) electrons. The first-order chi connectivity index (χ1) is 8.45. The van der Waals surface area contributed by atoms with E-state index in [1.54, 1.807) is 25.1 Å². The molecule has 0 fully saturated rings. The lowest BCUT2D eigenvalue weighted by Crippen LogP contribution is -2.27. The third-order valence-electron chi connectivity index (χ3n) is 1.92. The predicted molar refractivity (Wildman–Crippen MR) is 63.5 cm³/mol. The van der Waals surface area contributed by atoms with Crippen LogP contribution in [-0.4, -0.2) is 23.6 Å². The summed E-state index contributed by atoms with van der Waals surface area (Å²) in [7, 11) is 0. The number of ether oxygens (including phenoxy) is 1. The second-order valence-electron chi connectivity index (χ2n) is 3.34. The average molecular weight is 274 g/mol. The molecule has 0 saturated carbocycles. The molecule has 0 aliphatic rings. The van der Waals surface area contributed by atoms with Gasteiger partial charge in [-0.2, -0.15) is 8.78 Å². The molecular weight excluding hydrogens is 262 g/mol. The number of ketones is 1. The monoisotopic (exact) mass is 274 g/mol. The van der Waals surface area contributed by atoms with E-state index in [0.717, 1.165) is 0 Å². The Labute approximate surface area is 108 Å². The second-order valence-corrected chi connectivity index (χ2v) is 4.53. The zero-order valence-electron chi connectivity index (χ0n) is 9.69. The normalized spacial score (nSPS) is 11.1. The second kappa shape index (κ2) is 6.49. The van der Waals surface area contributed by atoms with E-state index in [-0.39, 0.29) is 23.3 Å². The van der Waals surface area contributed by atoms with Crippen LogP contribution in [0.1, 0.15) is 13.3 Å². The SMILES string of the molecule is CCOC(=O)CC(=O)C(F)(F)Sc1ccccc1. The number of hydrogen-bond donors (Lipinski definition) is 0. The summed E-state index contributed by atoms with van der Waals surface area (Å²) in [6, 6.07) is 7.80. The van der Waals surface area contributed by atoms with Gasteiger partial charge in [0.1, 0.15) is 6.42 Å². The number of carbonyl (C=O) groups excluding carboxylic acids is 2. The van der Waals surface area contributed by atoms with E-state index < -0.39 is 23.4 Å². The first-order valence-corrected chi connectivity index (χ1v) is 6.08. The third kappa shape index (κ3) is 4.44. The number of Topliss-reactive ketones (excluding diaryl/α,β-unsaturated/α-hetero) is 1. The van der Waals surface area contributed by atoms with Crippen molar-refractivity contribution >= 4 is 23.5 Å². The van der Waals surface area contributed by atoms with Gasteiger partial charge in [-0.15, -0.1) is 0 Å². The number of esters is 1. The highest BCUT2D eigenvalue weighted by atomic mass is 32.2. The first-order valence-electron chi connectivity index (χ1n) is 5.26. The Morgan fingerprint density at radius 3 is 2.44 bits per heavy atom. The van der Waals surface area contributed by atoms with Crippen molar-refractivity contribution in [2.45, 2.75) is 23.5 Å². The first kappa shape index (κ1) is 14.6. The van der Waals surface area contributed by atoms with Gasteiger partial charge in [-0.05, 0) is 30.8 Å². The Hall–Kier alpha value is -1.43. The van der Waals surface area contributed by atoms with Gasteiger partial charge in [-0.3, -0.25) is 9.59 Å². The molecule has 0 aliphatic carbocycles. The minimum absolute atomic E-state index is 0.0590. The molecule has 6 heteroatoms. The van der Waals surface area contributed by atoms with Crippen molar-refractivity contribution in [3.63, 3.8) is 0 Å². The minimum Gasteiger partial charge on any atom is -0.466 e. The van der Waals surface area contributed by atoms with Gasteiger partial charge in [0.2, 0.25) is 5.78 Å². The van der Waals surface area contributed by atoms with E-state index >= 15 is 0 Å². The fraction of sp³-hybridized carbons (Fsp3) is 0.333. The number of benzene rings is 1. The summed E-state index contributed by atoms with van der Waals surface area (Å²) in [5, 5.41) is -3.63. The average Bonchev–Trinajstić information content (AvgIpc) is 2.29. The van der Waals surface area contributed by atoms with Crippen LogP contribution in [-0.2, 0) is 14.3 Å². The van der Waals surface area contributed by atoms with Crippen LogP contribution in [0.5, 0.6) is 0 Å². The molecule has 3 nitrogen and oxygen atoms in total. The lowest BCUT2D eigenvalue weighted by atomic mass is 10.3. The standard InChI is InChI=1S/C12H12F2O3S/c1-2-17-11(16)8-10(15)12(13,14)18-9-6-4-3-5-7-9/h3-7H,2,8H2,1H3. The number of halogens is 2. The maximum atomic E-state index is 13.5. The van der Waals surface area contributed by atoms with Crippen LogP contribution in [0, 0.1) is 0 Å². The summed E-state index contributed by atoms with van der Waals surface area (Å²) < 4.78 is 31.5. The molecule has 0 saturated heterocycles. The van der Waals surface area contributed by atoms with Crippen molar-refractivity contribution in [1.29, 1.82) is 0 Å². The van der Waals surface area contributed by atoms with Gasteiger partial charge in [0.15, 0.2) is 0 Å². The van der Waals surface area contributed by atoms with Gasteiger partial charge in [0.05, 0.1) is 6.61 Å². The number of thioether (sulfide) groups is 1. The minimum atomic E-state index is -3.63. The summed E-state index contributed by atoms with van der Waals surface area (Å²) in [4.78, 5) is 22.5. The molecule has 18 heavy (non-hydrogen) atoms. The van der Waals surface area contributed by atoms with Crippen LogP contribution in [0.15, 0.2) is 35.2 Å². The fourth-order valence-corrected chi connectivity index (χ4v) is 1.91. The fourth-order valence-electron chi connectivity index (χ4n) is 1.14. The van der Waals surface area contributed by atoms with Crippen molar-refractivity contribution in [3.05, 3.63) is 30.3 Å². The predicted octanol–water partition coefficient (Wildman–Crippen LogP) is 2.89. The van der Waals surface area contributed by atoms with Crippen LogP contribution < -0.4 is 0 Å². The molecule has 0 bridgehead atoms. The van der Waals surface area contributed by atoms with Crippen LogP contribution in [0.25, 0.3) is 0 Å². The Kier molecular flexibility index (Phi) is 5.27. The van der Waals surface area contributed by atoms with Gasteiger partial charge in [-0.25, -0.2) is 0 Å². The van der Waals surface area contributed by atoms with Crippen molar-refractivity contribution in [2.24, 2.45) is 0 Å². The smallest absolute Gasteiger partial charge is 0.356 e. The molecule has 0 heterocycles. The Morgan fingerprint density at radius 2 is 1.89 bits per heavy atom. The Balaban J connectivity index is 2.63. The van der Waals surface area contributed by atoms with Crippen molar-refractivity contribution < 1.29 is 23.1 Å². The topological polar surface area (TPSA) is 43.4 Å². The van der Waals surface area contributed by atoms with Crippen molar-refractivity contribution in [2.75, 3.05) is 6.61 Å². The zero-order valence-corrected chi connectivity index (χ0v) is 10.5. The Bertz CT molecular complexity index is 421. The van der Waals surface area contributed by atoms with Crippen LogP contribution in [0.3, 0.4) is 0 Å². The number of alkyl halides is 2. The van der Waals surface area contributed by atoms with E-state index in [0.29, 0.717) is 0 Å². The highest BCUT2D eigenvalue weighted by molar-refractivity contribution is 8.01. The third-order valence-corrected chi connectivity index (χ3v) is 2.92. The quantitative estimate of drug-likeness (QED) is 0.454. The molecule has 0 spiro atoms. The largest absolute Gasteiger partial charge is 0.466 e. The van der Waals surface area contributed by atoms with E-state index in [1.165, 1.54) is 12.1 Å². The summed E-state index contributed by atoms with van der Waals surface area (Å²) in [6.45, 7) is 1.60. The summed E-state index contributed by atoms with van der Waals surface area (Å²) in [5.74, 6) is -2.38. The molecule has 0 aliphatic heterocycles. The number of carbonyl (C=O) groups is 2. The van der Waals surface area contributed by atoms with Gasteiger partial charge in [0, 0.05) is 4.90 Å². The van der Waals surface area contributed by atoms with Gasteiger partial charge < -0.3 is 4.74 Å². The Morgan fingerprint density at radius 1 is 1.28 bits per heavy atom. The van der Waals surface area contributed by atoms with Gasteiger partial charge >= 0.3 is 11.2 Å². The summed E-state index contributed by atoms with van der Waals surface area (Å²) in [6.07, 6.45) is -0.916. The van der Waals surface area contributed by atoms with E-state index in [4.69, 9.17) is 0 Å². The molecule has 0 amide bonds. The van der Waals surface area contributed by atoms with Crippen LogP contribution in [0.2, 0.25) is 0 Å². The molecule has 1 rings (SSSR count). The molecule has 0 aromatic heterocycles. The van der Waals surface area contributed by atoms with Crippen LogP contribution in [0.4, 0.5) is 8.78 Å². The van der Waals surface area contributed by atoms with E-state index in [9.17, 15) is 18.4 Å². The molecule has 0 unspecified atom stereocenters. The zero-order chi connectivity index (χ0) is 13.6. The summed E-state index contributed by atoms with van der Waals surface area (Å²) >= 11 is 0.123. The maximum Gasteiger partial charge on any atom is 0.356 e. The van der Waals surface area contributed by atoms with E-state index in [1.807, 2.05) is 0 Å². The maximum absolute atomic E-state index is 13.5. The van der Waals surface area contributed by atoms with Gasteiger partial charge in [0.25, 0.3) is 0 Å². The molecular formula is C12H12F2O3S. The molecule has 0 atom stereocenters. The molecule has 1 aromatic carbocycles. The van der Waals surface area contributed by atoms with Crippen molar-refractivity contribution in [1.82, 2.24) is 0 Å². The summed E-state index contributed by atoms with van der Waals surface area (Å²) in [5.41, 5.74) is 0. The van der Waals surface area contributed by atoms with Crippen molar-refractivity contribution in [3.8, 4) is 0 Å². The number of rotatable bonds is 6. The van der Waals surface area contributed by atoms with Crippen LogP contribution >= 0.6 is 11.8 Å². The molecule has 1 aromatic rings. The highest BCUT2D eigenvalue weighted by Gasteiger charge is 2.40. The highest BCUT2D eigenvalue weighted by Crippen LogP contribution is 2.37. The molecule has 98 valence electrons. The van der Waals surface area contributed by atoms with Gasteiger partial charge in [-0.1, -0.05) is 18.2 Å². The lowest BCUT2D eigenvalue weighted by molar-refractivity contribution is -0.149. The molecule has 0 N–H and O–H groups in total. The lowest BCUT2D eigenvalue weighted by Gasteiger charge is -2.13.